The molecule has 1 unspecified atom stereocenters. The average molecular weight is 359 g/mol. The average Bonchev–Trinajstić information content (AvgIpc) is 3.03. The Balaban J connectivity index is 1.60. The number of esters is 1. The molecule has 1 saturated heterocycles. The zero-order chi connectivity index (χ0) is 18.5. The van der Waals surface area contributed by atoms with Gasteiger partial charge in [-0.3, -0.25) is 4.90 Å². The van der Waals surface area contributed by atoms with Crippen molar-refractivity contribution in [2.75, 3.05) is 32.3 Å². The largest absolute Gasteiger partial charge is 0.466 e. The molecule has 1 aliphatic carbocycles. The highest BCUT2D eigenvalue weighted by atomic mass is 16.6. The maximum absolute atomic E-state index is 12.0. The molecular formula is C20H25NO5. The van der Waals surface area contributed by atoms with Crippen LogP contribution < -0.4 is 4.90 Å². The number of methoxy groups -OCH3 is 2. The minimum Gasteiger partial charge on any atom is -0.466 e. The van der Waals surface area contributed by atoms with E-state index in [4.69, 9.17) is 14.2 Å². The van der Waals surface area contributed by atoms with Gasteiger partial charge in [-0.1, -0.05) is 17.7 Å². The van der Waals surface area contributed by atoms with Gasteiger partial charge >= 0.3 is 12.1 Å². The summed E-state index contributed by atoms with van der Waals surface area (Å²) in [6.45, 7) is 0.918. The van der Waals surface area contributed by atoms with Crippen molar-refractivity contribution in [1.29, 1.82) is 0 Å². The summed E-state index contributed by atoms with van der Waals surface area (Å²) < 4.78 is 15.0. The van der Waals surface area contributed by atoms with Crippen molar-refractivity contribution in [3.63, 3.8) is 0 Å². The van der Waals surface area contributed by atoms with E-state index < -0.39 is 0 Å². The SMILES string of the molecule is COCC1CN(c2ccc(C3CCC(=CC(=O)OC)CC3)cc2)C(=O)O1. The van der Waals surface area contributed by atoms with E-state index in [1.807, 2.05) is 12.1 Å². The maximum atomic E-state index is 12.0. The Kier molecular flexibility index (Phi) is 5.93. The molecule has 26 heavy (non-hydrogen) atoms. The predicted octanol–water partition coefficient (Wildman–Crippen LogP) is 3.42. The van der Waals surface area contributed by atoms with Crippen LogP contribution in [0.25, 0.3) is 0 Å². The van der Waals surface area contributed by atoms with E-state index in [9.17, 15) is 9.59 Å². The van der Waals surface area contributed by atoms with Crippen molar-refractivity contribution in [2.24, 2.45) is 0 Å². The number of hydrogen-bond donors (Lipinski definition) is 0. The first kappa shape index (κ1) is 18.5. The fourth-order valence-corrected chi connectivity index (χ4v) is 3.62. The normalized spacial score (nSPS) is 22.9. The van der Waals surface area contributed by atoms with Crippen molar-refractivity contribution in [1.82, 2.24) is 0 Å². The van der Waals surface area contributed by atoms with Crippen molar-refractivity contribution in [2.45, 2.75) is 37.7 Å². The molecule has 140 valence electrons. The summed E-state index contributed by atoms with van der Waals surface area (Å²) in [4.78, 5) is 25.0. The molecule has 1 heterocycles. The zero-order valence-corrected chi connectivity index (χ0v) is 15.3. The molecule has 0 radical (unpaired) electrons. The van der Waals surface area contributed by atoms with Crippen molar-refractivity contribution in [3.05, 3.63) is 41.5 Å². The standard InChI is InChI=1S/C20H25NO5/c1-24-13-18-12-21(20(23)26-18)17-9-7-16(8-10-17)15-5-3-14(4-6-15)11-19(22)25-2/h7-11,15,18H,3-6,12-13H2,1-2H3. The fraction of sp³-hybridized carbons (Fsp3) is 0.500. The van der Waals surface area contributed by atoms with E-state index in [1.165, 1.54) is 12.7 Å². The number of carbonyl (C=O) groups is 2. The number of ether oxygens (including phenoxy) is 3. The monoisotopic (exact) mass is 359 g/mol. The van der Waals surface area contributed by atoms with Crippen LogP contribution in [0.4, 0.5) is 10.5 Å². The van der Waals surface area contributed by atoms with Crippen LogP contribution in [0.3, 0.4) is 0 Å². The molecule has 0 bridgehead atoms. The first-order valence-corrected chi connectivity index (χ1v) is 8.95. The number of carbonyl (C=O) groups excluding carboxylic acids is 2. The lowest BCUT2D eigenvalue weighted by atomic mass is 9.81. The lowest BCUT2D eigenvalue weighted by molar-refractivity contribution is -0.134. The Morgan fingerprint density at radius 3 is 2.54 bits per heavy atom. The van der Waals surface area contributed by atoms with Crippen LogP contribution in [0, 0.1) is 0 Å². The molecule has 1 atom stereocenters. The minimum atomic E-state index is -0.324. The molecule has 2 aliphatic rings. The van der Waals surface area contributed by atoms with Crippen LogP contribution in [0.15, 0.2) is 35.9 Å². The number of allylic oxidation sites excluding steroid dienone is 1. The number of amides is 1. The van der Waals surface area contributed by atoms with Crippen LogP contribution >= 0.6 is 0 Å². The molecule has 1 amide bonds. The highest BCUT2D eigenvalue weighted by Gasteiger charge is 2.32. The molecule has 1 aromatic carbocycles. The van der Waals surface area contributed by atoms with Gasteiger partial charge in [-0.05, 0) is 49.3 Å². The molecular weight excluding hydrogens is 334 g/mol. The molecule has 0 spiro atoms. The van der Waals surface area contributed by atoms with Crippen molar-refractivity contribution < 1.29 is 23.8 Å². The van der Waals surface area contributed by atoms with Gasteiger partial charge in [0.15, 0.2) is 0 Å². The maximum Gasteiger partial charge on any atom is 0.414 e. The highest BCUT2D eigenvalue weighted by Crippen LogP contribution is 2.36. The van der Waals surface area contributed by atoms with E-state index in [1.54, 1.807) is 18.1 Å². The van der Waals surface area contributed by atoms with Gasteiger partial charge in [0.25, 0.3) is 0 Å². The van der Waals surface area contributed by atoms with Gasteiger partial charge in [0.1, 0.15) is 6.10 Å². The molecule has 6 nitrogen and oxygen atoms in total. The smallest absolute Gasteiger partial charge is 0.414 e. The number of cyclic esters (lactones) is 1. The molecule has 6 heteroatoms. The van der Waals surface area contributed by atoms with Crippen LogP contribution in [-0.2, 0) is 19.0 Å². The minimum absolute atomic E-state index is 0.217. The summed E-state index contributed by atoms with van der Waals surface area (Å²) in [7, 11) is 3.00. The first-order valence-electron chi connectivity index (χ1n) is 8.95. The third-order valence-electron chi connectivity index (χ3n) is 5.05. The van der Waals surface area contributed by atoms with E-state index in [0.29, 0.717) is 19.1 Å². The molecule has 3 rings (SSSR count). The molecule has 1 aliphatic heterocycles. The second-order valence-electron chi connectivity index (χ2n) is 6.76. The third-order valence-corrected chi connectivity index (χ3v) is 5.05. The lowest BCUT2D eigenvalue weighted by Gasteiger charge is -2.24. The summed E-state index contributed by atoms with van der Waals surface area (Å²) in [6.07, 6.45) is 4.94. The molecule has 1 saturated carbocycles. The summed E-state index contributed by atoms with van der Waals surface area (Å²) in [5.74, 6) is 0.206. The zero-order valence-electron chi connectivity index (χ0n) is 15.3. The van der Waals surface area contributed by atoms with Gasteiger partial charge in [-0.15, -0.1) is 0 Å². The first-order chi connectivity index (χ1) is 12.6. The van der Waals surface area contributed by atoms with Crippen molar-refractivity contribution in [3.8, 4) is 0 Å². The summed E-state index contributed by atoms with van der Waals surface area (Å²) in [6, 6.07) is 8.13. The van der Waals surface area contributed by atoms with Gasteiger partial charge in [-0.25, -0.2) is 9.59 Å². The molecule has 0 aromatic heterocycles. The topological polar surface area (TPSA) is 65.1 Å². The summed E-state index contributed by atoms with van der Waals surface area (Å²) in [5, 5.41) is 0. The summed E-state index contributed by atoms with van der Waals surface area (Å²) in [5.41, 5.74) is 3.28. The van der Waals surface area contributed by atoms with E-state index in [2.05, 4.69) is 12.1 Å². The Morgan fingerprint density at radius 1 is 1.23 bits per heavy atom. The highest BCUT2D eigenvalue weighted by molar-refractivity contribution is 5.89. The van der Waals surface area contributed by atoms with E-state index in [0.717, 1.165) is 36.9 Å². The second-order valence-corrected chi connectivity index (χ2v) is 6.76. The van der Waals surface area contributed by atoms with Gasteiger partial charge in [0.2, 0.25) is 0 Å². The van der Waals surface area contributed by atoms with Gasteiger partial charge in [0.05, 0.1) is 20.3 Å². The van der Waals surface area contributed by atoms with Gasteiger partial charge in [0, 0.05) is 18.9 Å². The van der Waals surface area contributed by atoms with Crippen LogP contribution in [0.1, 0.15) is 37.2 Å². The molecule has 1 aromatic rings. The van der Waals surface area contributed by atoms with Crippen LogP contribution in [0.2, 0.25) is 0 Å². The van der Waals surface area contributed by atoms with Crippen molar-refractivity contribution >= 4 is 17.7 Å². The number of benzene rings is 1. The Morgan fingerprint density at radius 2 is 1.92 bits per heavy atom. The van der Waals surface area contributed by atoms with Gasteiger partial charge in [-0.2, -0.15) is 0 Å². The summed E-state index contributed by atoms with van der Waals surface area (Å²) >= 11 is 0. The Hall–Kier alpha value is -2.34. The predicted molar refractivity (Wildman–Crippen MR) is 97.2 cm³/mol. The number of hydrogen-bond acceptors (Lipinski definition) is 5. The Bertz CT molecular complexity index is 672. The fourth-order valence-electron chi connectivity index (χ4n) is 3.62. The number of anilines is 1. The van der Waals surface area contributed by atoms with E-state index >= 15 is 0 Å². The number of nitrogens with zero attached hydrogens (tertiary/aromatic N) is 1. The second kappa shape index (κ2) is 8.36. The van der Waals surface area contributed by atoms with Crippen LogP contribution in [0.5, 0.6) is 0 Å². The molecule has 0 N–H and O–H groups in total. The van der Waals surface area contributed by atoms with Crippen LogP contribution in [-0.4, -0.2) is 45.5 Å². The number of rotatable bonds is 5. The quantitative estimate of drug-likeness (QED) is 0.595. The lowest BCUT2D eigenvalue weighted by Crippen LogP contribution is -2.25. The Labute approximate surface area is 153 Å². The molecule has 2 fully saturated rings. The van der Waals surface area contributed by atoms with Gasteiger partial charge < -0.3 is 14.2 Å². The third kappa shape index (κ3) is 4.25. The van der Waals surface area contributed by atoms with E-state index in [-0.39, 0.29) is 18.2 Å².